The normalized spacial score (nSPS) is 15.7. The van der Waals surface area contributed by atoms with Crippen LogP contribution in [0.1, 0.15) is 30.9 Å². The first-order valence-electron chi connectivity index (χ1n) is 11.2. The number of ether oxygens (including phenoxy) is 2. The van der Waals surface area contributed by atoms with E-state index in [1.54, 1.807) is 26.0 Å². The van der Waals surface area contributed by atoms with E-state index in [0.29, 0.717) is 30.0 Å². The van der Waals surface area contributed by atoms with Crippen LogP contribution in [-0.2, 0) is 25.6 Å². The first kappa shape index (κ1) is 26.0. The maximum Gasteiger partial charge on any atom is 0.336 e. The van der Waals surface area contributed by atoms with Crippen LogP contribution < -0.4 is 10.5 Å². The third kappa shape index (κ3) is 6.27. The predicted octanol–water partition coefficient (Wildman–Crippen LogP) is 3.46. The summed E-state index contributed by atoms with van der Waals surface area (Å²) in [5, 5.41) is 23.7. The van der Waals surface area contributed by atoms with Gasteiger partial charge in [-0.05, 0) is 44.2 Å². The number of hydrogen-bond donors (Lipinski definition) is 2. The van der Waals surface area contributed by atoms with Crippen LogP contribution in [-0.4, -0.2) is 49.4 Å². The molecule has 0 aliphatic carbocycles. The van der Waals surface area contributed by atoms with Gasteiger partial charge in [0.2, 0.25) is 0 Å². The van der Waals surface area contributed by atoms with E-state index in [1.165, 1.54) is 19.2 Å². The number of allylic oxidation sites excluding steroid dienone is 2. The molecule has 0 amide bonds. The van der Waals surface area contributed by atoms with Gasteiger partial charge in [-0.3, -0.25) is 10.1 Å². The van der Waals surface area contributed by atoms with Gasteiger partial charge in [0.25, 0.3) is 0 Å². The summed E-state index contributed by atoms with van der Waals surface area (Å²) in [6.07, 6.45) is 0. The van der Waals surface area contributed by atoms with Gasteiger partial charge in [0, 0.05) is 24.5 Å². The lowest BCUT2D eigenvalue weighted by Gasteiger charge is -2.31. The molecular formula is C26H30N3O6-. The number of esters is 2. The average Bonchev–Trinajstić information content (AvgIpc) is 2.83. The fraction of sp³-hybridized carbons (Fsp3) is 0.308. The molecule has 2 N–H and O–H groups in total. The molecule has 0 aromatic heterocycles. The molecule has 9 nitrogen and oxygen atoms in total. The summed E-state index contributed by atoms with van der Waals surface area (Å²) in [6.45, 7) is 4.79. The van der Waals surface area contributed by atoms with Crippen molar-refractivity contribution in [2.45, 2.75) is 26.3 Å². The van der Waals surface area contributed by atoms with Crippen molar-refractivity contribution in [2.24, 2.45) is 0 Å². The molecule has 1 aliphatic rings. The molecule has 1 heterocycles. The third-order valence-corrected chi connectivity index (χ3v) is 5.81. The van der Waals surface area contributed by atoms with Gasteiger partial charge in [-0.1, -0.05) is 42.5 Å². The monoisotopic (exact) mass is 480 g/mol. The van der Waals surface area contributed by atoms with E-state index >= 15 is 0 Å². The lowest BCUT2D eigenvalue weighted by molar-refractivity contribution is -0.139. The minimum absolute atomic E-state index is 0.0317. The van der Waals surface area contributed by atoms with Crippen molar-refractivity contribution in [3.63, 3.8) is 0 Å². The number of methoxy groups -OCH3 is 1. The van der Waals surface area contributed by atoms with Crippen LogP contribution in [0.3, 0.4) is 0 Å². The van der Waals surface area contributed by atoms with E-state index in [4.69, 9.17) is 9.47 Å². The standard InChI is InChI=1S/C26H30N3O6/c1-17-22(25(30)34-4)24(20-11-8-12-21(15-20)29(32)33)23(18(2)27-17)26(31)35-14-13-28(3)16-19-9-6-5-7-10-19/h5-12,15,24,27,32H,13-14,16H2,1-4H3/q-1. The third-order valence-electron chi connectivity index (χ3n) is 5.81. The summed E-state index contributed by atoms with van der Waals surface area (Å²) < 4.78 is 10.6. The highest BCUT2D eigenvalue weighted by Crippen LogP contribution is 2.40. The Bertz CT molecular complexity index is 1130. The summed E-state index contributed by atoms with van der Waals surface area (Å²) in [7, 11) is 3.20. The predicted molar refractivity (Wildman–Crippen MR) is 131 cm³/mol. The van der Waals surface area contributed by atoms with Crippen molar-refractivity contribution in [1.29, 1.82) is 0 Å². The Morgan fingerprint density at radius 2 is 1.69 bits per heavy atom. The van der Waals surface area contributed by atoms with Gasteiger partial charge in [0.05, 0.1) is 29.9 Å². The lowest BCUT2D eigenvalue weighted by Crippen LogP contribution is -2.33. The summed E-state index contributed by atoms with van der Waals surface area (Å²) in [5.74, 6) is -2.05. The molecule has 0 fully saturated rings. The Morgan fingerprint density at radius 1 is 1.03 bits per heavy atom. The number of benzene rings is 2. The number of carbonyl (C=O) groups is 2. The minimum Gasteiger partial charge on any atom is -0.733 e. The van der Waals surface area contributed by atoms with Gasteiger partial charge in [-0.25, -0.2) is 9.59 Å². The number of carbonyl (C=O) groups excluding carboxylic acids is 2. The molecule has 2 aromatic carbocycles. The molecule has 1 aliphatic heterocycles. The maximum absolute atomic E-state index is 13.3. The van der Waals surface area contributed by atoms with Crippen molar-refractivity contribution >= 4 is 17.6 Å². The zero-order chi connectivity index (χ0) is 25.5. The van der Waals surface area contributed by atoms with Gasteiger partial charge in [0.15, 0.2) is 0 Å². The van der Waals surface area contributed by atoms with Gasteiger partial charge in [-0.15, -0.1) is 0 Å². The second kappa shape index (κ2) is 11.7. The number of nitrogens with zero attached hydrogens (tertiary/aromatic N) is 2. The van der Waals surface area contributed by atoms with Crippen LogP contribution in [0.5, 0.6) is 0 Å². The smallest absolute Gasteiger partial charge is 0.336 e. The first-order chi connectivity index (χ1) is 16.7. The molecule has 0 bridgehead atoms. The van der Waals surface area contributed by atoms with Crippen LogP contribution in [0.4, 0.5) is 5.69 Å². The molecule has 0 radical (unpaired) electrons. The van der Waals surface area contributed by atoms with Crippen molar-refractivity contribution in [3.05, 3.63) is 93.5 Å². The average molecular weight is 481 g/mol. The van der Waals surface area contributed by atoms with Crippen LogP contribution in [0.2, 0.25) is 0 Å². The maximum atomic E-state index is 13.3. The summed E-state index contributed by atoms with van der Waals surface area (Å²) in [4.78, 5) is 28.0. The number of nitrogens with one attached hydrogen (secondary N) is 1. The Morgan fingerprint density at radius 3 is 2.31 bits per heavy atom. The van der Waals surface area contributed by atoms with Gasteiger partial charge in [-0.2, -0.15) is 0 Å². The number of rotatable bonds is 9. The SMILES string of the molecule is COC(=O)C1=C(C)NC(C)=C(C(=O)OCCN(C)Cc2ccccc2)C1c1cccc(N([O-])O)c1. The molecule has 0 saturated carbocycles. The van der Waals surface area contributed by atoms with E-state index < -0.39 is 17.9 Å². The highest BCUT2D eigenvalue weighted by molar-refractivity contribution is 5.99. The van der Waals surface area contributed by atoms with E-state index in [-0.39, 0.29) is 28.7 Å². The molecular weight excluding hydrogens is 450 g/mol. The molecule has 0 spiro atoms. The molecule has 1 atom stereocenters. The van der Waals surface area contributed by atoms with Crippen LogP contribution >= 0.6 is 0 Å². The Hall–Kier alpha value is -3.66. The highest BCUT2D eigenvalue weighted by atomic mass is 16.8. The fourth-order valence-electron chi connectivity index (χ4n) is 4.15. The van der Waals surface area contributed by atoms with Gasteiger partial charge < -0.3 is 25.2 Å². The Balaban J connectivity index is 1.83. The molecule has 9 heteroatoms. The van der Waals surface area contributed by atoms with E-state index in [0.717, 1.165) is 5.56 Å². The zero-order valence-electron chi connectivity index (χ0n) is 20.3. The van der Waals surface area contributed by atoms with Crippen LogP contribution in [0, 0.1) is 5.21 Å². The molecule has 35 heavy (non-hydrogen) atoms. The second-order valence-corrected chi connectivity index (χ2v) is 8.35. The Labute approximate surface area is 204 Å². The molecule has 1 unspecified atom stereocenters. The quantitative estimate of drug-likeness (QED) is 0.411. The van der Waals surface area contributed by atoms with E-state index in [9.17, 15) is 20.0 Å². The molecule has 186 valence electrons. The van der Waals surface area contributed by atoms with E-state index in [1.807, 2.05) is 42.3 Å². The summed E-state index contributed by atoms with van der Waals surface area (Å²) >= 11 is 0. The summed E-state index contributed by atoms with van der Waals surface area (Å²) in [6, 6.07) is 16.0. The van der Waals surface area contributed by atoms with Crippen LogP contribution in [0.25, 0.3) is 0 Å². The molecule has 0 saturated heterocycles. The van der Waals surface area contributed by atoms with E-state index in [2.05, 4.69) is 5.32 Å². The van der Waals surface area contributed by atoms with Crippen LogP contribution in [0.15, 0.2) is 77.1 Å². The number of anilines is 1. The second-order valence-electron chi connectivity index (χ2n) is 8.35. The first-order valence-corrected chi connectivity index (χ1v) is 11.2. The number of hydrogen-bond acceptors (Lipinski definition) is 9. The van der Waals surface area contributed by atoms with Gasteiger partial charge in [0.1, 0.15) is 6.61 Å². The van der Waals surface area contributed by atoms with Crippen molar-refractivity contribution in [3.8, 4) is 0 Å². The van der Waals surface area contributed by atoms with Crippen molar-refractivity contribution in [2.75, 3.05) is 32.5 Å². The largest absolute Gasteiger partial charge is 0.733 e. The topological polar surface area (TPSA) is 114 Å². The summed E-state index contributed by atoms with van der Waals surface area (Å²) in [5.41, 5.74) is 3.08. The highest BCUT2D eigenvalue weighted by Gasteiger charge is 2.38. The Kier molecular flexibility index (Phi) is 8.64. The number of dihydropyridines is 1. The van der Waals surface area contributed by atoms with Crippen molar-refractivity contribution in [1.82, 2.24) is 10.2 Å². The fourth-order valence-corrected chi connectivity index (χ4v) is 4.15. The minimum atomic E-state index is -0.849. The number of likely N-dealkylation sites (N-methyl/N-ethyl adjacent to an activating group) is 1. The van der Waals surface area contributed by atoms with Crippen molar-refractivity contribution < 1.29 is 24.3 Å². The molecule has 2 aromatic rings. The molecule has 3 rings (SSSR count). The lowest BCUT2D eigenvalue weighted by atomic mass is 9.80. The zero-order valence-corrected chi connectivity index (χ0v) is 20.3. The van der Waals surface area contributed by atoms with Gasteiger partial charge >= 0.3 is 11.9 Å².